The van der Waals surface area contributed by atoms with Gasteiger partial charge in [0.1, 0.15) is 0 Å². The number of carbonyl (C=O) groups is 1. The number of nitrogens with one attached hydrogen (secondary N) is 1. The van der Waals surface area contributed by atoms with Crippen LogP contribution in [0.3, 0.4) is 0 Å². The van der Waals surface area contributed by atoms with Gasteiger partial charge in [-0.15, -0.1) is 0 Å². The van der Waals surface area contributed by atoms with Gasteiger partial charge in [0.25, 0.3) is 0 Å². The first-order chi connectivity index (χ1) is 10.3. The van der Waals surface area contributed by atoms with Crippen molar-refractivity contribution >= 4 is 11.6 Å². The maximum atomic E-state index is 12.2. The van der Waals surface area contributed by atoms with Crippen LogP contribution in [0.2, 0.25) is 0 Å². The van der Waals surface area contributed by atoms with Gasteiger partial charge in [0, 0.05) is 24.8 Å². The molecule has 1 fully saturated rings. The minimum atomic E-state index is 0.0764. The van der Waals surface area contributed by atoms with E-state index in [4.69, 9.17) is 4.74 Å². The summed E-state index contributed by atoms with van der Waals surface area (Å²) in [5, 5.41) is 3.00. The molecular weight excluding hydrogens is 262 g/mol. The van der Waals surface area contributed by atoms with E-state index in [1.54, 1.807) is 0 Å². The zero-order valence-electron chi connectivity index (χ0n) is 11.9. The molecule has 1 aliphatic heterocycles. The zero-order valence-corrected chi connectivity index (χ0v) is 11.9. The van der Waals surface area contributed by atoms with Crippen LogP contribution in [-0.2, 0) is 9.53 Å². The van der Waals surface area contributed by atoms with E-state index in [1.807, 2.05) is 42.5 Å². The zero-order chi connectivity index (χ0) is 14.5. The summed E-state index contributed by atoms with van der Waals surface area (Å²) >= 11 is 0. The second-order valence-electron chi connectivity index (χ2n) is 5.32. The van der Waals surface area contributed by atoms with Crippen LogP contribution in [-0.4, -0.2) is 19.1 Å². The highest BCUT2D eigenvalue weighted by molar-refractivity contribution is 5.92. The van der Waals surface area contributed by atoms with Gasteiger partial charge in [-0.2, -0.15) is 0 Å². The molecule has 3 heteroatoms. The molecule has 0 saturated carbocycles. The van der Waals surface area contributed by atoms with Crippen LogP contribution in [0.1, 0.15) is 12.8 Å². The molecule has 1 heterocycles. The molecule has 0 unspecified atom stereocenters. The molecular formula is C18H19NO2. The Bertz CT molecular complexity index is 586. The summed E-state index contributed by atoms with van der Waals surface area (Å²) in [6.07, 6.45) is 1.63. The van der Waals surface area contributed by atoms with Crippen LogP contribution < -0.4 is 5.32 Å². The number of carbonyl (C=O) groups excluding carboxylic acids is 1. The fourth-order valence-electron chi connectivity index (χ4n) is 2.58. The summed E-state index contributed by atoms with van der Waals surface area (Å²) in [5.41, 5.74) is 3.19. The predicted molar refractivity (Wildman–Crippen MR) is 84.1 cm³/mol. The number of hydrogen-bond donors (Lipinski definition) is 1. The lowest BCUT2D eigenvalue weighted by molar-refractivity contribution is -0.122. The third-order valence-electron chi connectivity index (χ3n) is 3.85. The van der Waals surface area contributed by atoms with Crippen LogP contribution in [0.5, 0.6) is 0 Å². The summed E-state index contributed by atoms with van der Waals surface area (Å²) in [6, 6.07) is 18.2. The van der Waals surface area contributed by atoms with Crippen LogP contribution in [0, 0.1) is 5.92 Å². The van der Waals surface area contributed by atoms with Crippen molar-refractivity contribution in [2.45, 2.75) is 12.8 Å². The minimum absolute atomic E-state index is 0.0764. The lowest BCUT2D eigenvalue weighted by Crippen LogP contribution is -2.28. The first kappa shape index (κ1) is 13.8. The van der Waals surface area contributed by atoms with Gasteiger partial charge in [-0.05, 0) is 36.1 Å². The quantitative estimate of drug-likeness (QED) is 0.931. The highest BCUT2D eigenvalue weighted by atomic mass is 16.5. The first-order valence-electron chi connectivity index (χ1n) is 7.37. The van der Waals surface area contributed by atoms with E-state index in [0.29, 0.717) is 13.2 Å². The van der Waals surface area contributed by atoms with Gasteiger partial charge >= 0.3 is 0 Å². The van der Waals surface area contributed by atoms with Crippen molar-refractivity contribution in [3.05, 3.63) is 54.6 Å². The summed E-state index contributed by atoms with van der Waals surface area (Å²) in [5.74, 6) is 0.179. The van der Waals surface area contributed by atoms with E-state index in [2.05, 4.69) is 17.4 Å². The van der Waals surface area contributed by atoms with Gasteiger partial charge in [0.05, 0.1) is 0 Å². The maximum Gasteiger partial charge on any atom is 0.227 e. The topological polar surface area (TPSA) is 38.3 Å². The van der Waals surface area contributed by atoms with E-state index in [0.717, 1.165) is 24.1 Å². The van der Waals surface area contributed by atoms with Crippen LogP contribution in [0.25, 0.3) is 11.1 Å². The Morgan fingerprint density at radius 3 is 2.19 bits per heavy atom. The highest BCUT2D eigenvalue weighted by Crippen LogP contribution is 2.22. The van der Waals surface area contributed by atoms with Crippen molar-refractivity contribution in [1.82, 2.24) is 0 Å². The average Bonchev–Trinajstić information content (AvgIpc) is 2.57. The molecule has 0 spiro atoms. The lowest BCUT2D eigenvalue weighted by Gasteiger charge is -2.21. The standard InChI is InChI=1S/C18H19NO2/c20-18(16-10-12-21-13-11-16)19-17-8-6-15(7-9-17)14-4-2-1-3-5-14/h1-9,16H,10-13H2,(H,19,20). The second-order valence-corrected chi connectivity index (χ2v) is 5.32. The predicted octanol–water partition coefficient (Wildman–Crippen LogP) is 3.72. The Labute approximate surface area is 124 Å². The molecule has 1 aliphatic rings. The fraction of sp³-hybridized carbons (Fsp3) is 0.278. The molecule has 21 heavy (non-hydrogen) atoms. The van der Waals surface area contributed by atoms with Crippen molar-refractivity contribution in [3.8, 4) is 11.1 Å². The Kier molecular flexibility index (Phi) is 4.31. The molecule has 1 saturated heterocycles. The second kappa shape index (κ2) is 6.55. The van der Waals surface area contributed by atoms with Gasteiger partial charge < -0.3 is 10.1 Å². The molecule has 0 radical (unpaired) electrons. The number of ether oxygens (including phenoxy) is 1. The highest BCUT2D eigenvalue weighted by Gasteiger charge is 2.21. The van der Waals surface area contributed by atoms with Crippen molar-refractivity contribution in [2.24, 2.45) is 5.92 Å². The van der Waals surface area contributed by atoms with Gasteiger partial charge in [0.2, 0.25) is 5.91 Å². The van der Waals surface area contributed by atoms with E-state index in [9.17, 15) is 4.79 Å². The van der Waals surface area contributed by atoms with E-state index < -0.39 is 0 Å². The summed E-state index contributed by atoms with van der Waals surface area (Å²) in [7, 11) is 0. The van der Waals surface area contributed by atoms with Crippen LogP contribution >= 0.6 is 0 Å². The number of benzene rings is 2. The molecule has 0 aromatic heterocycles. The average molecular weight is 281 g/mol. The molecule has 2 aromatic carbocycles. The lowest BCUT2D eigenvalue weighted by atomic mass is 9.99. The third-order valence-corrected chi connectivity index (χ3v) is 3.85. The molecule has 0 atom stereocenters. The largest absolute Gasteiger partial charge is 0.381 e. The molecule has 0 bridgehead atoms. The molecule has 3 nitrogen and oxygen atoms in total. The van der Waals surface area contributed by atoms with Crippen molar-refractivity contribution in [1.29, 1.82) is 0 Å². The van der Waals surface area contributed by atoms with Crippen LogP contribution in [0.15, 0.2) is 54.6 Å². The Morgan fingerprint density at radius 2 is 1.52 bits per heavy atom. The third kappa shape index (κ3) is 3.50. The maximum absolute atomic E-state index is 12.2. The Hall–Kier alpha value is -2.13. The van der Waals surface area contributed by atoms with Crippen LogP contribution in [0.4, 0.5) is 5.69 Å². The van der Waals surface area contributed by atoms with E-state index in [1.165, 1.54) is 5.56 Å². The van der Waals surface area contributed by atoms with Crippen molar-refractivity contribution < 1.29 is 9.53 Å². The Morgan fingerprint density at radius 1 is 0.905 bits per heavy atom. The minimum Gasteiger partial charge on any atom is -0.381 e. The van der Waals surface area contributed by atoms with Crippen molar-refractivity contribution in [3.63, 3.8) is 0 Å². The number of amides is 1. The molecule has 1 amide bonds. The molecule has 2 aromatic rings. The van der Waals surface area contributed by atoms with Gasteiger partial charge in [0.15, 0.2) is 0 Å². The van der Waals surface area contributed by atoms with E-state index >= 15 is 0 Å². The summed E-state index contributed by atoms with van der Waals surface area (Å²) in [6.45, 7) is 1.37. The number of anilines is 1. The summed E-state index contributed by atoms with van der Waals surface area (Å²) < 4.78 is 5.28. The smallest absolute Gasteiger partial charge is 0.227 e. The first-order valence-corrected chi connectivity index (χ1v) is 7.37. The normalized spacial score (nSPS) is 15.6. The molecule has 108 valence electrons. The molecule has 1 N–H and O–H groups in total. The summed E-state index contributed by atoms with van der Waals surface area (Å²) in [4.78, 5) is 12.2. The SMILES string of the molecule is O=C(Nc1ccc(-c2ccccc2)cc1)C1CCOCC1. The van der Waals surface area contributed by atoms with E-state index in [-0.39, 0.29) is 11.8 Å². The number of rotatable bonds is 3. The molecule has 3 rings (SSSR count). The Balaban J connectivity index is 1.65. The van der Waals surface area contributed by atoms with Gasteiger partial charge in [-0.1, -0.05) is 42.5 Å². The van der Waals surface area contributed by atoms with Gasteiger partial charge in [-0.3, -0.25) is 4.79 Å². The monoisotopic (exact) mass is 281 g/mol. The van der Waals surface area contributed by atoms with Crippen molar-refractivity contribution in [2.75, 3.05) is 18.5 Å². The number of hydrogen-bond acceptors (Lipinski definition) is 2. The fourth-order valence-corrected chi connectivity index (χ4v) is 2.58. The molecule has 0 aliphatic carbocycles. The van der Waals surface area contributed by atoms with Gasteiger partial charge in [-0.25, -0.2) is 0 Å².